The molecule has 1 nitrogen and oxygen atoms in total. The monoisotopic (exact) mass is 245 g/mol. The van der Waals surface area contributed by atoms with Crippen LogP contribution in [0.25, 0.3) is 11.1 Å². The molecule has 1 N–H and O–H groups in total. The second kappa shape index (κ2) is 5.35. The van der Waals surface area contributed by atoms with Gasteiger partial charge >= 0.3 is 0 Å². The standard InChI is InChI=1S/C15H16ClN/c1-11-4-3-5-12(8-11)15-7-6-14(16)9-13(15)10-17-2/h3-9,17H,10H2,1-2H3. The van der Waals surface area contributed by atoms with Crippen LogP contribution < -0.4 is 5.32 Å². The predicted octanol–water partition coefficient (Wildman–Crippen LogP) is 4.03. The molecule has 2 aromatic rings. The maximum atomic E-state index is 6.04. The summed E-state index contributed by atoms with van der Waals surface area (Å²) in [4.78, 5) is 0. The van der Waals surface area contributed by atoms with Gasteiger partial charge in [-0.05, 0) is 42.8 Å². The fraction of sp³-hybridized carbons (Fsp3) is 0.200. The Kier molecular flexibility index (Phi) is 3.82. The minimum absolute atomic E-state index is 0.784. The summed E-state index contributed by atoms with van der Waals surface area (Å²) in [7, 11) is 1.95. The summed E-state index contributed by atoms with van der Waals surface area (Å²) in [6.07, 6.45) is 0. The van der Waals surface area contributed by atoms with Crippen molar-refractivity contribution in [3.8, 4) is 11.1 Å². The molecule has 0 saturated heterocycles. The molecule has 2 aromatic carbocycles. The average molecular weight is 246 g/mol. The maximum Gasteiger partial charge on any atom is 0.0409 e. The Hall–Kier alpha value is -1.31. The number of benzene rings is 2. The molecule has 0 heterocycles. The third kappa shape index (κ3) is 2.87. The smallest absolute Gasteiger partial charge is 0.0409 e. The lowest BCUT2D eigenvalue weighted by Crippen LogP contribution is -2.06. The zero-order chi connectivity index (χ0) is 12.3. The van der Waals surface area contributed by atoms with E-state index in [1.165, 1.54) is 22.3 Å². The van der Waals surface area contributed by atoms with Crippen molar-refractivity contribution in [3.63, 3.8) is 0 Å². The van der Waals surface area contributed by atoms with Crippen LogP contribution in [0.4, 0.5) is 0 Å². The van der Waals surface area contributed by atoms with Crippen LogP contribution in [0, 0.1) is 6.92 Å². The van der Waals surface area contributed by atoms with Crippen molar-refractivity contribution >= 4 is 11.6 Å². The molecule has 0 aliphatic carbocycles. The Morgan fingerprint density at radius 2 is 1.94 bits per heavy atom. The highest BCUT2D eigenvalue weighted by Gasteiger charge is 2.05. The molecular formula is C15H16ClN. The van der Waals surface area contributed by atoms with Gasteiger partial charge in [-0.3, -0.25) is 0 Å². The zero-order valence-corrected chi connectivity index (χ0v) is 10.9. The van der Waals surface area contributed by atoms with E-state index in [2.05, 4.69) is 42.6 Å². The highest BCUT2D eigenvalue weighted by atomic mass is 35.5. The Bertz CT molecular complexity index is 520. The molecule has 0 aliphatic heterocycles. The van der Waals surface area contributed by atoms with Crippen LogP contribution in [0.5, 0.6) is 0 Å². The van der Waals surface area contributed by atoms with Gasteiger partial charge in [0.05, 0.1) is 0 Å². The fourth-order valence-electron chi connectivity index (χ4n) is 1.99. The summed E-state index contributed by atoms with van der Waals surface area (Å²) < 4.78 is 0. The van der Waals surface area contributed by atoms with E-state index in [0.29, 0.717) is 0 Å². The topological polar surface area (TPSA) is 12.0 Å². The first-order valence-corrected chi connectivity index (χ1v) is 6.08. The molecule has 0 bridgehead atoms. The van der Waals surface area contributed by atoms with E-state index in [4.69, 9.17) is 11.6 Å². The lowest BCUT2D eigenvalue weighted by Gasteiger charge is -2.10. The number of aryl methyl sites for hydroxylation is 1. The van der Waals surface area contributed by atoms with Gasteiger partial charge < -0.3 is 5.32 Å². The minimum atomic E-state index is 0.784. The fourth-order valence-corrected chi connectivity index (χ4v) is 2.19. The normalized spacial score (nSPS) is 10.5. The van der Waals surface area contributed by atoms with Crippen LogP contribution >= 0.6 is 11.6 Å². The first-order valence-electron chi connectivity index (χ1n) is 5.71. The molecule has 2 heteroatoms. The molecule has 2 rings (SSSR count). The second-order valence-electron chi connectivity index (χ2n) is 4.20. The highest BCUT2D eigenvalue weighted by Crippen LogP contribution is 2.27. The van der Waals surface area contributed by atoms with Crippen LogP contribution in [0.15, 0.2) is 42.5 Å². The molecule has 0 aromatic heterocycles. The van der Waals surface area contributed by atoms with Crippen molar-refractivity contribution < 1.29 is 0 Å². The Morgan fingerprint density at radius 1 is 1.12 bits per heavy atom. The van der Waals surface area contributed by atoms with Crippen LogP contribution in [0.1, 0.15) is 11.1 Å². The van der Waals surface area contributed by atoms with Gasteiger partial charge in [0.2, 0.25) is 0 Å². The van der Waals surface area contributed by atoms with E-state index in [1.54, 1.807) is 0 Å². The third-order valence-electron chi connectivity index (χ3n) is 2.76. The van der Waals surface area contributed by atoms with Gasteiger partial charge in [0.15, 0.2) is 0 Å². The number of rotatable bonds is 3. The largest absolute Gasteiger partial charge is 0.316 e. The lowest BCUT2D eigenvalue weighted by atomic mass is 9.98. The molecule has 0 aliphatic rings. The number of hydrogen-bond acceptors (Lipinski definition) is 1. The summed E-state index contributed by atoms with van der Waals surface area (Å²) in [5.41, 5.74) is 4.98. The first-order chi connectivity index (χ1) is 8.20. The van der Waals surface area contributed by atoms with Crippen LogP contribution in [0.3, 0.4) is 0 Å². The van der Waals surface area contributed by atoms with Gasteiger partial charge in [0.1, 0.15) is 0 Å². The summed E-state index contributed by atoms with van der Waals surface area (Å²) in [5, 5.41) is 3.96. The van der Waals surface area contributed by atoms with Crippen LogP contribution in [-0.4, -0.2) is 7.05 Å². The summed E-state index contributed by atoms with van der Waals surface area (Å²) in [6, 6.07) is 14.6. The average Bonchev–Trinajstić information content (AvgIpc) is 2.29. The lowest BCUT2D eigenvalue weighted by molar-refractivity contribution is 0.819. The van der Waals surface area contributed by atoms with Crippen LogP contribution in [0.2, 0.25) is 5.02 Å². The van der Waals surface area contributed by atoms with Crippen molar-refractivity contribution in [1.82, 2.24) is 5.32 Å². The second-order valence-corrected chi connectivity index (χ2v) is 4.64. The minimum Gasteiger partial charge on any atom is -0.316 e. The summed E-state index contributed by atoms with van der Waals surface area (Å²) in [5.74, 6) is 0. The van der Waals surface area contributed by atoms with E-state index in [0.717, 1.165) is 11.6 Å². The molecule has 0 fully saturated rings. The molecule has 0 atom stereocenters. The SMILES string of the molecule is CNCc1cc(Cl)ccc1-c1cccc(C)c1. The maximum absolute atomic E-state index is 6.04. The number of nitrogens with one attached hydrogen (secondary N) is 1. The van der Waals surface area contributed by atoms with E-state index >= 15 is 0 Å². The van der Waals surface area contributed by atoms with Crippen molar-refractivity contribution in [3.05, 3.63) is 58.6 Å². The zero-order valence-electron chi connectivity index (χ0n) is 10.1. The van der Waals surface area contributed by atoms with E-state index in [1.807, 2.05) is 19.2 Å². The third-order valence-corrected chi connectivity index (χ3v) is 3.00. The molecular weight excluding hydrogens is 230 g/mol. The molecule has 0 saturated carbocycles. The number of halogens is 1. The Labute approximate surface area is 107 Å². The van der Waals surface area contributed by atoms with Crippen molar-refractivity contribution in [2.75, 3.05) is 7.05 Å². The Morgan fingerprint density at radius 3 is 2.65 bits per heavy atom. The summed E-state index contributed by atoms with van der Waals surface area (Å²) >= 11 is 6.04. The van der Waals surface area contributed by atoms with E-state index in [9.17, 15) is 0 Å². The molecule has 17 heavy (non-hydrogen) atoms. The van der Waals surface area contributed by atoms with Gasteiger partial charge in [-0.25, -0.2) is 0 Å². The molecule has 0 radical (unpaired) electrons. The highest BCUT2D eigenvalue weighted by molar-refractivity contribution is 6.30. The summed E-state index contributed by atoms with van der Waals surface area (Å²) in [6.45, 7) is 2.93. The molecule has 0 unspecified atom stereocenters. The van der Waals surface area contributed by atoms with Crippen molar-refractivity contribution in [2.45, 2.75) is 13.5 Å². The van der Waals surface area contributed by atoms with Gasteiger partial charge in [-0.15, -0.1) is 0 Å². The van der Waals surface area contributed by atoms with Crippen molar-refractivity contribution in [1.29, 1.82) is 0 Å². The molecule has 88 valence electrons. The van der Waals surface area contributed by atoms with Gasteiger partial charge in [0.25, 0.3) is 0 Å². The molecule has 0 amide bonds. The molecule has 0 spiro atoms. The van der Waals surface area contributed by atoms with Gasteiger partial charge in [0, 0.05) is 11.6 Å². The van der Waals surface area contributed by atoms with Crippen molar-refractivity contribution in [2.24, 2.45) is 0 Å². The van der Waals surface area contributed by atoms with Gasteiger partial charge in [-0.2, -0.15) is 0 Å². The van der Waals surface area contributed by atoms with E-state index in [-0.39, 0.29) is 0 Å². The van der Waals surface area contributed by atoms with Gasteiger partial charge in [-0.1, -0.05) is 47.5 Å². The predicted molar refractivity (Wildman–Crippen MR) is 74.4 cm³/mol. The number of hydrogen-bond donors (Lipinski definition) is 1. The Balaban J connectivity index is 2.50. The van der Waals surface area contributed by atoms with Crippen LogP contribution in [-0.2, 0) is 6.54 Å². The quantitative estimate of drug-likeness (QED) is 0.861. The first kappa shape index (κ1) is 12.2. The van der Waals surface area contributed by atoms with E-state index < -0.39 is 0 Å².